The molecule has 1 N–H and O–H groups in total. The van der Waals surface area contributed by atoms with Crippen molar-refractivity contribution in [1.82, 2.24) is 0 Å². The third kappa shape index (κ3) is 4.09. The molecule has 0 amide bonds. The summed E-state index contributed by atoms with van der Waals surface area (Å²) in [6.45, 7) is 0. The van der Waals surface area contributed by atoms with Gasteiger partial charge in [-0.25, -0.2) is 4.79 Å². The average Bonchev–Trinajstić information content (AvgIpc) is 2.25. The lowest BCUT2D eigenvalue weighted by Crippen LogP contribution is -1.94. The highest BCUT2D eigenvalue weighted by Gasteiger charge is 2.01. The van der Waals surface area contributed by atoms with E-state index in [0.717, 1.165) is 23.5 Å². The molecule has 0 aliphatic rings. The fourth-order valence-corrected chi connectivity index (χ4v) is 1.91. The first-order valence-corrected chi connectivity index (χ1v) is 5.62. The van der Waals surface area contributed by atoms with Gasteiger partial charge in [0.05, 0.1) is 5.56 Å². The molecule has 15 heavy (non-hydrogen) atoms. The lowest BCUT2D eigenvalue weighted by molar-refractivity contribution is 0.0697. The van der Waals surface area contributed by atoms with Gasteiger partial charge in [0.15, 0.2) is 0 Å². The normalized spacial score (nSPS) is 9.53. The van der Waals surface area contributed by atoms with Gasteiger partial charge < -0.3 is 5.11 Å². The number of hydrogen-bond donors (Lipinski definition) is 1. The summed E-state index contributed by atoms with van der Waals surface area (Å²) in [6.07, 6.45) is 6.92. The molecule has 0 fully saturated rings. The minimum atomic E-state index is -0.890. The second-order valence-corrected chi connectivity index (χ2v) is 4.15. The largest absolute Gasteiger partial charge is 0.478 e. The number of benzene rings is 1. The zero-order chi connectivity index (χ0) is 11.1. The molecule has 1 aromatic carbocycles. The van der Waals surface area contributed by atoms with Crippen molar-refractivity contribution < 1.29 is 9.90 Å². The predicted octanol–water partition coefficient (Wildman–Crippen LogP) is 2.89. The Bertz CT molecular complexity index is 362. The smallest absolute Gasteiger partial charge is 0.335 e. The molecule has 1 aromatic rings. The van der Waals surface area contributed by atoms with E-state index in [4.69, 9.17) is 11.5 Å². The van der Waals surface area contributed by atoms with Crippen LogP contribution in [0.15, 0.2) is 29.2 Å². The average molecular weight is 220 g/mol. The number of carboxylic acids is 1. The van der Waals surface area contributed by atoms with Crippen LogP contribution in [-0.2, 0) is 0 Å². The molecule has 3 heteroatoms. The van der Waals surface area contributed by atoms with Gasteiger partial charge in [0.2, 0.25) is 0 Å². The molecule has 0 aliphatic heterocycles. The van der Waals surface area contributed by atoms with Gasteiger partial charge in [0.1, 0.15) is 0 Å². The van der Waals surface area contributed by atoms with Crippen molar-refractivity contribution in [2.45, 2.75) is 17.7 Å². The Morgan fingerprint density at radius 3 is 2.60 bits per heavy atom. The Kier molecular flexibility index (Phi) is 4.79. The zero-order valence-corrected chi connectivity index (χ0v) is 9.09. The van der Waals surface area contributed by atoms with E-state index in [1.807, 2.05) is 12.1 Å². The highest BCUT2D eigenvalue weighted by molar-refractivity contribution is 7.99. The summed E-state index contributed by atoms with van der Waals surface area (Å²) in [6, 6.07) is 6.88. The van der Waals surface area contributed by atoms with Gasteiger partial charge in [-0.05, 0) is 36.4 Å². The van der Waals surface area contributed by atoms with Crippen LogP contribution in [0.25, 0.3) is 0 Å². The van der Waals surface area contributed by atoms with E-state index in [0.29, 0.717) is 5.56 Å². The molecule has 0 aliphatic carbocycles. The fraction of sp³-hybridized carbons (Fsp3) is 0.250. The van der Waals surface area contributed by atoms with Gasteiger partial charge in [-0.15, -0.1) is 24.1 Å². The molecule has 0 saturated heterocycles. The fourth-order valence-electron chi connectivity index (χ4n) is 1.06. The summed E-state index contributed by atoms with van der Waals surface area (Å²) >= 11 is 1.69. The highest BCUT2D eigenvalue weighted by atomic mass is 32.2. The highest BCUT2D eigenvalue weighted by Crippen LogP contribution is 2.19. The van der Waals surface area contributed by atoms with Gasteiger partial charge >= 0.3 is 5.97 Å². The number of hydrogen-bond acceptors (Lipinski definition) is 2. The third-order valence-corrected chi connectivity index (χ3v) is 2.93. The van der Waals surface area contributed by atoms with Crippen LogP contribution in [-0.4, -0.2) is 16.8 Å². The van der Waals surface area contributed by atoms with E-state index >= 15 is 0 Å². The topological polar surface area (TPSA) is 37.3 Å². The Morgan fingerprint density at radius 1 is 1.40 bits per heavy atom. The van der Waals surface area contributed by atoms with E-state index in [1.54, 1.807) is 23.9 Å². The monoisotopic (exact) mass is 220 g/mol. The first-order valence-electron chi connectivity index (χ1n) is 4.63. The van der Waals surface area contributed by atoms with E-state index in [1.165, 1.54) is 0 Å². The third-order valence-electron chi connectivity index (χ3n) is 1.84. The van der Waals surface area contributed by atoms with Crippen LogP contribution in [0.2, 0.25) is 0 Å². The maximum Gasteiger partial charge on any atom is 0.335 e. The van der Waals surface area contributed by atoms with Crippen molar-refractivity contribution >= 4 is 17.7 Å². The van der Waals surface area contributed by atoms with E-state index in [9.17, 15) is 4.79 Å². The van der Waals surface area contributed by atoms with Crippen molar-refractivity contribution in [2.75, 3.05) is 5.75 Å². The molecular weight excluding hydrogens is 208 g/mol. The number of rotatable bonds is 5. The number of thioether (sulfide) groups is 1. The van der Waals surface area contributed by atoms with Gasteiger partial charge in [0, 0.05) is 11.3 Å². The van der Waals surface area contributed by atoms with Gasteiger partial charge in [-0.1, -0.05) is 0 Å². The molecule has 78 valence electrons. The van der Waals surface area contributed by atoms with Crippen LogP contribution in [0.4, 0.5) is 0 Å². The molecule has 0 aromatic heterocycles. The summed E-state index contributed by atoms with van der Waals surface area (Å²) in [5.41, 5.74) is 0.322. The van der Waals surface area contributed by atoms with Crippen LogP contribution >= 0.6 is 11.8 Å². The number of aromatic carboxylic acids is 1. The first kappa shape index (κ1) is 11.7. The molecule has 0 saturated carbocycles. The summed E-state index contributed by atoms with van der Waals surface area (Å²) in [7, 11) is 0. The SMILES string of the molecule is C#CCCCSc1ccc(C(=O)O)cc1. The number of carbonyl (C=O) groups is 1. The maximum absolute atomic E-state index is 10.6. The molecule has 2 nitrogen and oxygen atoms in total. The lowest BCUT2D eigenvalue weighted by Gasteiger charge is -2.00. The molecule has 0 atom stereocenters. The van der Waals surface area contributed by atoms with Gasteiger partial charge in [0.25, 0.3) is 0 Å². The van der Waals surface area contributed by atoms with Crippen LogP contribution in [0.3, 0.4) is 0 Å². The van der Waals surface area contributed by atoms with Crippen LogP contribution in [0.1, 0.15) is 23.2 Å². The molecule has 0 unspecified atom stereocenters. The van der Waals surface area contributed by atoms with Gasteiger partial charge in [-0.3, -0.25) is 0 Å². The van der Waals surface area contributed by atoms with Crippen molar-refractivity contribution in [3.63, 3.8) is 0 Å². The summed E-state index contributed by atoms with van der Waals surface area (Å²) in [5, 5.41) is 8.69. The number of unbranched alkanes of at least 4 members (excludes halogenated alkanes) is 1. The zero-order valence-electron chi connectivity index (χ0n) is 8.27. The number of terminal acetylenes is 1. The summed E-state index contributed by atoms with van der Waals surface area (Å²) in [5.74, 6) is 2.67. The van der Waals surface area contributed by atoms with Crippen molar-refractivity contribution in [1.29, 1.82) is 0 Å². The lowest BCUT2D eigenvalue weighted by atomic mass is 10.2. The molecule has 0 radical (unpaired) electrons. The van der Waals surface area contributed by atoms with E-state index in [-0.39, 0.29) is 0 Å². The minimum Gasteiger partial charge on any atom is -0.478 e. The Balaban J connectivity index is 2.43. The predicted molar refractivity (Wildman–Crippen MR) is 62.2 cm³/mol. The second-order valence-electron chi connectivity index (χ2n) is 2.99. The first-order chi connectivity index (χ1) is 7.24. The second kappa shape index (κ2) is 6.15. The van der Waals surface area contributed by atoms with Crippen LogP contribution in [0, 0.1) is 12.3 Å². The Labute approximate surface area is 93.7 Å². The molecule has 1 rings (SSSR count). The van der Waals surface area contributed by atoms with Crippen molar-refractivity contribution in [3.8, 4) is 12.3 Å². The standard InChI is InChI=1S/C12H12O2S/c1-2-3-4-9-15-11-7-5-10(6-8-11)12(13)14/h1,5-8H,3-4,9H2,(H,13,14). The maximum atomic E-state index is 10.6. The minimum absolute atomic E-state index is 0.322. The molecule has 0 heterocycles. The summed E-state index contributed by atoms with van der Waals surface area (Å²) < 4.78 is 0. The quantitative estimate of drug-likeness (QED) is 0.471. The van der Waals surface area contributed by atoms with Crippen LogP contribution < -0.4 is 0 Å². The van der Waals surface area contributed by atoms with Crippen LogP contribution in [0.5, 0.6) is 0 Å². The van der Waals surface area contributed by atoms with Gasteiger partial charge in [-0.2, -0.15) is 0 Å². The van der Waals surface area contributed by atoms with Crippen molar-refractivity contribution in [3.05, 3.63) is 29.8 Å². The molecular formula is C12H12O2S. The number of carboxylic acid groups (broad SMARTS) is 1. The van der Waals surface area contributed by atoms with E-state index < -0.39 is 5.97 Å². The summed E-state index contributed by atoms with van der Waals surface area (Å²) in [4.78, 5) is 11.7. The molecule has 0 spiro atoms. The Morgan fingerprint density at radius 2 is 2.07 bits per heavy atom. The molecule has 0 bridgehead atoms. The Hall–Kier alpha value is -1.40. The van der Waals surface area contributed by atoms with E-state index in [2.05, 4.69) is 5.92 Å². The van der Waals surface area contributed by atoms with Crippen molar-refractivity contribution in [2.24, 2.45) is 0 Å².